The van der Waals surface area contributed by atoms with Crippen LogP contribution in [0.25, 0.3) is 11.2 Å². The average molecular weight is 368 g/mol. The molecule has 0 radical (unpaired) electrons. The molecule has 0 aliphatic rings. The molecule has 1 amide bonds. The Morgan fingerprint density at radius 1 is 1.19 bits per heavy atom. The normalized spacial score (nSPS) is 11.7. The van der Waals surface area contributed by atoms with Gasteiger partial charge in [0.15, 0.2) is 5.65 Å². The van der Waals surface area contributed by atoms with E-state index in [0.717, 1.165) is 28.1 Å². The van der Waals surface area contributed by atoms with Crippen molar-refractivity contribution in [2.75, 3.05) is 0 Å². The first kappa shape index (κ1) is 19.1. The number of hydrogen-bond donors (Lipinski definition) is 0. The van der Waals surface area contributed by atoms with Crippen molar-refractivity contribution in [3.05, 3.63) is 41.1 Å². The fourth-order valence-corrected chi connectivity index (χ4v) is 3.29. The molecule has 3 aromatic heterocycles. The summed E-state index contributed by atoms with van der Waals surface area (Å²) in [6, 6.07) is 2.16. The van der Waals surface area contributed by atoms with Crippen molar-refractivity contribution in [1.29, 1.82) is 0 Å². The van der Waals surface area contributed by atoms with Crippen LogP contribution in [0.2, 0.25) is 0 Å². The summed E-state index contributed by atoms with van der Waals surface area (Å²) in [5.74, 6) is -0.0406. The highest BCUT2D eigenvalue weighted by atomic mass is 16.2. The maximum atomic E-state index is 13.2. The molecule has 0 unspecified atom stereocenters. The third-order valence-corrected chi connectivity index (χ3v) is 5.09. The summed E-state index contributed by atoms with van der Waals surface area (Å²) in [5.41, 5.74) is 5.23. The summed E-state index contributed by atoms with van der Waals surface area (Å²) < 4.78 is 3.87. The highest BCUT2D eigenvalue weighted by molar-refractivity contribution is 5.96. The molecule has 3 rings (SSSR count). The van der Waals surface area contributed by atoms with E-state index >= 15 is 0 Å². The SMILES string of the molecule is Cc1nn(C)c(C)c1CN(C(=O)c1cnc2c(c1)ncn2C(C)C)C(C)C. The first-order valence-corrected chi connectivity index (χ1v) is 9.33. The molecule has 27 heavy (non-hydrogen) atoms. The molecule has 0 atom stereocenters. The van der Waals surface area contributed by atoms with Crippen molar-refractivity contribution in [3.8, 4) is 0 Å². The van der Waals surface area contributed by atoms with Gasteiger partial charge in [0.1, 0.15) is 5.52 Å². The van der Waals surface area contributed by atoms with Gasteiger partial charge in [-0.2, -0.15) is 5.10 Å². The predicted octanol–water partition coefficient (Wildman–Crippen LogP) is 3.41. The molecule has 7 heteroatoms. The second-order valence-corrected chi connectivity index (χ2v) is 7.61. The van der Waals surface area contributed by atoms with Crippen molar-refractivity contribution >= 4 is 17.1 Å². The highest BCUT2D eigenvalue weighted by Crippen LogP contribution is 2.21. The van der Waals surface area contributed by atoms with Crippen molar-refractivity contribution in [2.45, 2.75) is 60.2 Å². The second-order valence-electron chi connectivity index (χ2n) is 7.61. The molecule has 0 saturated heterocycles. The van der Waals surface area contributed by atoms with Crippen LogP contribution >= 0.6 is 0 Å². The van der Waals surface area contributed by atoms with Crippen LogP contribution in [0.3, 0.4) is 0 Å². The van der Waals surface area contributed by atoms with Crippen LogP contribution in [0.4, 0.5) is 0 Å². The number of nitrogens with zero attached hydrogens (tertiary/aromatic N) is 6. The molecule has 144 valence electrons. The average Bonchev–Trinajstić information content (AvgIpc) is 3.13. The maximum Gasteiger partial charge on any atom is 0.256 e. The molecule has 0 spiro atoms. The van der Waals surface area contributed by atoms with E-state index in [0.29, 0.717) is 12.1 Å². The third-order valence-electron chi connectivity index (χ3n) is 5.09. The summed E-state index contributed by atoms with van der Waals surface area (Å²) in [6.45, 7) is 12.8. The number of carbonyl (C=O) groups is 1. The Morgan fingerprint density at radius 3 is 2.44 bits per heavy atom. The van der Waals surface area contributed by atoms with Crippen LogP contribution in [0, 0.1) is 13.8 Å². The number of aryl methyl sites for hydroxylation is 2. The van der Waals surface area contributed by atoms with Gasteiger partial charge in [0.05, 0.1) is 17.6 Å². The minimum atomic E-state index is -0.0406. The standard InChI is InChI=1S/C20H28N6O/c1-12(2)25(10-17-14(5)23-24(7)15(17)6)20(27)16-8-18-19(21-9-16)26(11-22-18)13(3)4/h8-9,11-13H,10H2,1-7H3. The van der Waals surface area contributed by atoms with Gasteiger partial charge < -0.3 is 9.47 Å². The van der Waals surface area contributed by atoms with Gasteiger partial charge in [0.2, 0.25) is 0 Å². The number of rotatable bonds is 5. The van der Waals surface area contributed by atoms with E-state index in [-0.39, 0.29) is 18.0 Å². The molecule has 0 aromatic carbocycles. The van der Waals surface area contributed by atoms with Crippen molar-refractivity contribution in [3.63, 3.8) is 0 Å². The fraction of sp³-hybridized carbons (Fsp3) is 0.500. The van der Waals surface area contributed by atoms with Gasteiger partial charge in [0.25, 0.3) is 5.91 Å². The Bertz CT molecular complexity index is 982. The van der Waals surface area contributed by atoms with Crippen LogP contribution in [0.15, 0.2) is 18.6 Å². The van der Waals surface area contributed by atoms with Gasteiger partial charge >= 0.3 is 0 Å². The summed E-state index contributed by atoms with van der Waals surface area (Å²) in [5, 5.41) is 4.47. The molecule has 0 N–H and O–H groups in total. The van der Waals surface area contributed by atoms with E-state index in [2.05, 4.69) is 28.9 Å². The van der Waals surface area contributed by atoms with Gasteiger partial charge in [-0.1, -0.05) is 0 Å². The van der Waals surface area contributed by atoms with Gasteiger partial charge in [0, 0.05) is 43.1 Å². The molecular weight excluding hydrogens is 340 g/mol. The van der Waals surface area contributed by atoms with Gasteiger partial charge in [-0.05, 0) is 47.6 Å². The molecule has 0 bridgehead atoms. The van der Waals surface area contributed by atoms with Crippen LogP contribution in [0.5, 0.6) is 0 Å². The first-order chi connectivity index (χ1) is 12.7. The zero-order chi connectivity index (χ0) is 19.9. The van der Waals surface area contributed by atoms with Crippen LogP contribution in [-0.2, 0) is 13.6 Å². The largest absolute Gasteiger partial charge is 0.332 e. The van der Waals surface area contributed by atoms with Crippen molar-refractivity contribution < 1.29 is 4.79 Å². The summed E-state index contributed by atoms with van der Waals surface area (Å²) in [7, 11) is 1.93. The zero-order valence-electron chi connectivity index (χ0n) is 17.2. The Kier molecular flexibility index (Phi) is 5.04. The lowest BCUT2D eigenvalue weighted by Gasteiger charge is -2.27. The Morgan fingerprint density at radius 2 is 1.89 bits per heavy atom. The van der Waals surface area contributed by atoms with E-state index in [1.54, 1.807) is 12.5 Å². The molecule has 0 fully saturated rings. The molecule has 0 aliphatic carbocycles. The summed E-state index contributed by atoms with van der Waals surface area (Å²) >= 11 is 0. The summed E-state index contributed by atoms with van der Waals surface area (Å²) in [6.07, 6.45) is 3.43. The van der Waals surface area contributed by atoms with Crippen LogP contribution < -0.4 is 0 Å². The van der Waals surface area contributed by atoms with Crippen molar-refractivity contribution in [2.24, 2.45) is 7.05 Å². The Balaban J connectivity index is 1.94. The molecular formula is C20H28N6O. The minimum Gasteiger partial charge on any atom is -0.332 e. The topological polar surface area (TPSA) is 68.8 Å². The van der Waals surface area contributed by atoms with E-state index in [1.165, 1.54) is 0 Å². The highest BCUT2D eigenvalue weighted by Gasteiger charge is 2.23. The minimum absolute atomic E-state index is 0.0406. The third kappa shape index (κ3) is 3.46. The quantitative estimate of drug-likeness (QED) is 0.692. The number of aromatic nitrogens is 5. The van der Waals surface area contributed by atoms with E-state index in [1.807, 2.05) is 55.0 Å². The second kappa shape index (κ2) is 7.13. The number of amides is 1. The Hall–Kier alpha value is -2.70. The molecule has 0 aliphatic heterocycles. The molecule has 3 aromatic rings. The fourth-order valence-electron chi connectivity index (χ4n) is 3.29. The lowest BCUT2D eigenvalue weighted by Crippen LogP contribution is -2.36. The number of carbonyl (C=O) groups excluding carboxylic acids is 1. The zero-order valence-corrected chi connectivity index (χ0v) is 17.2. The van der Waals surface area contributed by atoms with Gasteiger partial charge in [-0.3, -0.25) is 9.48 Å². The van der Waals surface area contributed by atoms with E-state index in [9.17, 15) is 4.79 Å². The lowest BCUT2D eigenvalue weighted by atomic mass is 10.1. The van der Waals surface area contributed by atoms with Crippen LogP contribution in [0.1, 0.15) is 61.0 Å². The first-order valence-electron chi connectivity index (χ1n) is 9.33. The van der Waals surface area contributed by atoms with Gasteiger partial charge in [-0.15, -0.1) is 0 Å². The molecule has 7 nitrogen and oxygen atoms in total. The van der Waals surface area contributed by atoms with Crippen LogP contribution in [-0.4, -0.2) is 41.2 Å². The Labute approximate surface area is 160 Å². The van der Waals surface area contributed by atoms with Crippen molar-refractivity contribution in [1.82, 2.24) is 29.2 Å². The molecule has 0 saturated carbocycles. The predicted molar refractivity (Wildman–Crippen MR) is 106 cm³/mol. The lowest BCUT2D eigenvalue weighted by molar-refractivity contribution is 0.0689. The summed E-state index contributed by atoms with van der Waals surface area (Å²) in [4.78, 5) is 24.0. The number of fused-ring (bicyclic) bond motifs is 1. The number of pyridine rings is 1. The maximum absolute atomic E-state index is 13.2. The van der Waals surface area contributed by atoms with Gasteiger partial charge in [-0.25, -0.2) is 9.97 Å². The number of hydrogen-bond acceptors (Lipinski definition) is 4. The number of imidazole rings is 1. The van der Waals surface area contributed by atoms with E-state index in [4.69, 9.17) is 0 Å². The van der Waals surface area contributed by atoms with E-state index < -0.39 is 0 Å². The smallest absolute Gasteiger partial charge is 0.256 e. The monoisotopic (exact) mass is 368 g/mol. The molecule has 3 heterocycles.